The summed E-state index contributed by atoms with van der Waals surface area (Å²) < 4.78 is 15.8. The third kappa shape index (κ3) is 6.28. The van der Waals surface area contributed by atoms with Gasteiger partial charge in [-0.25, -0.2) is 4.57 Å². The van der Waals surface area contributed by atoms with Crippen molar-refractivity contribution in [2.75, 3.05) is 0 Å². The molecule has 0 atom stereocenters. The van der Waals surface area contributed by atoms with E-state index in [1.165, 1.54) is 0 Å². The standard InChI is InChI=1S/C14H23O4P.K.H/c1-13(2,3)10-7-8-12(18-19(15,16)17)11(9-10)14(4,5)6;;/h7-9H,1-6H3,(H2,15,16,17);;. The second-order valence-electron chi connectivity index (χ2n) is 6.79. The van der Waals surface area contributed by atoms with Gasteiger partial charge in [-0.3, -0.25) is 9.79 Å². The topological polar surface area (TPSA) is 66.8 Å². The third-order valence-electron chi connectivity index (χ3n) is 2.87. The van der Waals surface area contributed by atoms with Gasteiger partial charge in [0.05, 0.1) is 0 Å². The molecule has 0 bridgehead atoms. The minimum absolute atomic E-state index is 0. The van der Waals surface area contributed by atoms with Gasteiger partial charge in [0, 0.05) is 5.56 Å². The summed E-state index contributed by atoms with van der Waals surface area (Å²) >= 11 is 0. The first-order chi connectivity index (χ1) is 8.31. The summed E-state index contributed by atoms with van der Waals surface area (Å²) in [6.45, 7) is 12.2. The van der Waals surface area contributed by atoms with Crippen LogP contribution in [0.5, 0.6) is 5.75 Å². The molecule has 0 fully saturated rings. The van der Waals surface area contributed by atoms with E-state index in [9.17, 15) is 4.57 Å². The Labute approximate surface area is 164 Å². The van der Waals surface area contributed by atoms with Gasteiger partial charge in [0.1, 0.15) is 5.75 Å². The van der Waals surface area contributed by atoms with E-state index in [1.54, 1.807) is 6.07 Å². The molecule has 1 aromatic rings. The van der Waals surface area contributed by atoms with Gasteiger partial charge in [0.25, 0.3) is 0 Å². The van der Waals surface area contributed by atoms with Gasteiger partial charge in [-0.15, -0.1) is 0 Å². The summed E-state index contributed by atoms with van der Waals surface area (Å²) in [5.41, 5.74) is 1.62. The van der Waals surface area contributed by atoms with Gasteiger partial charge >= 0.3 is 59.2 Å². The SMILES string of the molecule is CC(C)(C)c1ccc(OP(=O)(O)O)c(C(C)(C)C)c1.[KH]. The zero-order valence-electron chi connectivity index (χ0n) is 12.4. The van der Waals surface area contributed by atoms with E-state index in [4.69, 9.17) is 14.3 Å². The molecule has 0 aliphatic rings. The Morgan fingerprint density at radius 1 is 1.00 bits per heavy atom. The van der Waals surface area contributed by atoms with Crippen LogP contribution in [0.15, 0.2) is 18.2 Å². The molecular formula is C14H24KO4P. The number of hydrogen-bond acceptors (Lipinski definition) is 2. The molecule has 1 rings (SSSR count). The Morgan fingerprint density at radius 3 is 1.85 bits per heavy atom. The fourth-order valence-electron chi connectivity index (χ4n) is 1.79. The molecule has 6 heteroatoms. The molecule has 0 amide bonds. The first-order valence-corrected chi connectivity index (χ1v) is 7.74. The Kier molecular flexibility index (Phi) is 7.20. The Hall–Kier alpha value is 0.806. The van der Waals surface area contributed by atoms with Crippen LogP contribution in [-0.2, 0) is 15.4 Å². The summed E-state index contributed by atoms with van der Waals surface area (Å²) in [5.74, 6) is 0.244. The molecule has 0 saturated heterocycles. The van der Waals surface area contributed by atoms with Crippen molar-refractivity contribution in [2.24, 2.45) is 0 Å². The summed E-state index contributed by atoms with van der Waals surface area (Å²) in [6, 6.07) is 5.45. The molecule has 4 nitrogen and oxygen atoms in total. The molecule has 0 aliphatic carbocycles. The van der Waals surface area contributed by atoms with E-state index in [1.807, 2.05) is 32.9 Å². The summed E-state index contributed by atoms with van der Waals surface area (Å²) in [6.07, 6.45) is 0. The van der Waals surface area contributed by atoms with Gasteiger partial charge in [-0.1, -0.05) is 53.7 Å². The number of hydrogen-bond donors (Lipinski definition) is 2. The molecule has 2 N–H and O–H groups in total. The number of phosphoric acid groups is 1. The zero-order chi connectivity index (χ0) is 15.1. The van der Waals surface area contributed by atoms with Crippen molar-refractivity contribution in [3.05, 3.63) is 29.3 Å². The van der Waals surface area contributed by atoms with Crippen LogP contribution in [0.4, 0.5) is 0 Å². The van der Waals surface area contributed by atoms with Gasteiger partial charge in [-0.05, 0) is 22.5 Å². The number of rotatable bonds is 2. The van der Waals surface area contributed by atoms with Crippen molar-refractivity contribution < 1.29 is 18.9 Å². The second kappa shape index (κ2) is 6.92. The molecule has 0 unspecified atom stereocenters. The van der Waals surface area contributed by atoms with Crippen LogP contribution in [0.25, 0.3) is 0 Å². The summed E-state index contributed by atoms with van der Waals surface area (Å²) in [4.78, 5) is 18.0. The predicted molar refractivity (Wildman–Crippen MR) is 83.7 cm³/mol. The Balaban J connectivity index is 0.00000361. The van der Waals surface area contributed by atoms with Crippen LogP contribution >= 0.6 is 7.82 Å². The first-order valence-electron chi connectivity index (χ1n) is 6.21. The maximum atomic E-state index is 11.0. The van der Waals surface area contributed by atoms with Crippen LogP contribution in [0.2, 0.25) is 0 Å². The van der Waals surface area contributed by atoms with E-state index >= 15 is 0 Å². The van der Waals surface area contributed by atoms with E-state index in [-0.39, 0.29) is 68.0 Å². The normalized spacial score (nSPS) is 12.8. The van der Waals surface area contributed by atoms with E-state index in [2.05, 4.69) is 20.8 Å². The minimum atomic E-state index is -4.54. The van der Waals surface area contributed by atoms with Gasteiger partial charge in [0.2, 0.25) is 0 Å². The molecule has 1 aromatic carbocycles. The average Bonchev–Trinajstić information content (AvgIpc) is 2.11. The predicted octanol–water partition coefficient (Wildman–Crippen LogP) is 3.10. The fraction of sp³-hybridized carbons (Fsp3) is 0.571. The molecule has 110 valence electrons. The van der Waals surface area contributed by atoms with Crippen molar-refractivity contribution in [2.45, 2.75) is 52.4 Å². The number of benzene rings is 1. The molecule has 0 radical (unpaired) electrons. The maximum absolute atomic E-state index is 11.0. The van der Waals surface area contributed by atoms with Crippen LogP contribution < -0.4 is 4.52 Å². The third-order valence-corrected chi connectivity index (χ3v) is 3.31. The van der Waals surface area contributed by atoms with Gasteiger partial charge < -0.3 is 4.52 Å². The van der Waals surface area contributed by atoms with Gasteiger partial charge in [-0.2, -0.15) is 0 Å². The second-order valence-corrected chi connectivity index (χ2v) is 7.96. The van der Waals surface area contributed by atoms with Crippen LogP contribution in [0.1, 0.15) is 52.7 Å². The average molecular weight is 326 g/mol. The summed E-state index contributed by atoms with van der Waals surface area (Å²) in [7, 11) is -4.54. The Morgan fingerprint density at radius 2 is 1.50 bits per heavy atom. The first kappa shape index (κ1) is 20.8. The van der Waals surface area contributed by atoms with Crippen molar-refractivity contribution >= 4 is 59.2 Å². The molecule has 0 spiro atoms. The molecular weight excluding hydrogens is 302 g/mol. The quantitative estimate of drug-likeness (QED) is 0.647. The fourth-order valence-corrected chi connectivity index (χ4v) is 2.21. The van der Waals surface area contributed by atoms with Crippen molar-refractivity contribution in [1.29, 1.82) is 0 Å². The van der Waals surface area contributed by atoms with E-state index in [0.29, 0.717) is 0 Å². The van der Waals surface area contributed by atoms with Crippen molar-refractivity contribution in [3.8, 4) is 5.75 Å². The van der Waals surface area contributed by atoms with E-state index in [0.717, 1.165) is 11.1 Å². The number of phosphoric ester groups is 1. The van der Waals surface area contributed by atoms with E-state index < -0.39 is 7.82 Å². The van der Waals surface area contributed by atoms with Crippen LogP contribution in [-0.4, -0.2) is 61.2 Å². The molecule has 0 aliphatic heterocycles. The molecule has 20 heavy (non-hydrogen) atoms. The summed E-state index contributed by atoms with van der Waals surface area (Å²) in [5, 5.41) is 0. The van der Waals surface area contributed by atoms with Crippen LogP contribution in [0.3, 0.4) is 0 Å². The molecule has 0 aromatic heterocycles. The van der Waals surface area contributed by atoms with Gasteiger partial charge in [0.15, 0.2) is 0 Å². The monoisotopic (exact) mass is 326 g/mol. The van der Waals surface area contributed by atoms with Crippen molar-refractivity contribution in [3.63, 3.8) is 0 Å². The molecule has 0 heterocycles. The molecule has 0 saturated carbocycles. The van der Waals surface area contributed by atoms with Crippen molar-refractivity contribution in [1.82, 2.24) is 0 Å². The zero-order valence-corrected chi connectivity index (χ0v) is 13.3. The van der Waals surface area contributed by atoms with Crippen LogP contribution in [0, 0.1) is 0 Å². The Bertz CT molecular complexity index is 509.